The molecule has 10 nitrogen and oxygen atoms in total. The molecule has 1 aliphatic rings. The Bertz CT molecular complexity index is 866. The second kappa shape index (κ2) is 7.61. The van der Waals surface area contributed by atoms with Gasteiger partial charge >= 0.3 is 6.09 Å². The lowest BCUT2D eigenvalue weighted by molar-refractivity contribution is -0.133. The van der Waals surface area contributed by atoms with E-state index < -0.39 is 17.7 Å². The lowest BCUT2D eigenvalue weighted by atomic mass is 10.2. The van der Waals surface area contributed by atoms with Gasteiger partial charge in [-0.15, -0.1) is 10.2 Å². The van der Waals surface area contributed by atoms with Gasteiger partial charge in [0, 0.05) is 38.6 Å². The lowest BCUT2D eigenvalue weighted by Gasteiger charge is -2.36. The first-order valence-electron chi connectivity index (χ1n) is 9.35. The highest BCUT2D eigenvalue weighted by Crippen LogP contribution is 2.19. The van der Waals surface area contributed by atoms with Gasteiger partial charge in [-0.1, -0.05) is 0 Å². The van der Waals surface area contributed by atoms with Crippen molar-refractivity contribution >= 4 is 23.5 Å². The van der Waals surface area contributed by atoms with Gasteiger partial charge in [-0.3, -0.25) is 9.20 Å². The van der Waals surface area contributed by atoms with Crippen LogP contribution in [0, 0.1) is 6.92 Å². The Hall–Kier alpha value is -2.91. The summed E-state index contributed by atoms with van der Waals surface area (Å²) in [5.41, 5.74) is 0.103. The number of carbonyl (C=O) groups excluding carboxylic acids is 2. The standard InChI is InChI=1S/C18H27N7O3/c1-12(20-17(27)28-18(3,4)5)16(26)24-10-8-23(9-11-24)14-15-22-21-13(2)25(15)7-6-19-14/h6-7,12H,8-11H2,1-5H3,(H,20,27). The molecule has 0 aromatic carbocycles. The smallest absolute Gasteiger partial charge is 0.408 e. The molecule has 0 saturated carbocycles. The summed E-state index contributed by atoms with van der Waals surface area (Å²) in [6, 6.07) is -0.651. The maximum absolute atomic E-state index is 12.7. The number of alkyl carbamates (subject to hydrolysis) is 1. The highest BCUT2D eigenvalue weighted by Gasteiger charge is 2.28. The van der Waals surface area contributed by atoms with Crippen LogP contribution in [0.3, 0.4) is 0 Å². The highest BCUT2D eigenvalue weighted by atomic mass is 16.6. The fourth-order valence-electron chi connectivity index (χ4n) is 3.11. The van der Waals surface area contributed by atoms with Crippen LogP contribution in [0.4, 0.5) is 10.6 Å². The number of nitrogens with one attached hydrogen (secondary N) is 1. The van der Waals surface area contributed by atoms with Crippen LogP contribution in [0.1, 0.15) is 33.5 Å². The van der Waals surface area contributed by atoms with Gasteiger partial charge in [-0.25, -0.2) is 9.78 Å². The van der Waals surface area contributed by atoms with E-state index >= 15 is 0 Å². The monoisotopic (exact) mass is 389 g/mol. The predicted octanol–water partition coefficient (Wildman–Crippen LogP) is 0.995. The molecule has 1 unspecified atom stereocenters. The molecule has 2 aromatic heterocycles. The van der Waals surface area contributed by atoms with Crippen molar-refractivity contribution in [3.8, 4) is 0 Å². The molecule has 2 aromatic rings. The Kier molecular flexibility index (Phi) is 5.39. The van der Waals surface area contributed by atoms with Crippen molar-refractivity contribution in [2.24, 2.45) is 0 Å². The summed E-state index contributed by atoms with van der Waals surface area (Å²) in [5.74, 6) is 1.43. The maximum atomic E-state index is 12.7. The number of nitrogens with zero attached hydrogens (tertiary/aromatic N) is 6. The Morgan fingerprint density at radius 3 is 2.50 bits per heavy atom. The molecule has 10 heteroatoms. The highest BCUT2D eigenvalue weighted by molar-refractivity contribution is 5.85. The van der Waals surface area contributed by atoms with Crippen LogP contribution in [0.2, 0.25) is 0 Å². The largest absolute Gasteiger partial charge is 0.444 e. The minimum absolute atomic E-state index is 0.130. The minimum atomic E-state index is -0.651. The Labute approximate surface area is 163 Å². The second-order valence-electron chi connectivity index (χ2n) is 7.87. The van der Waals surface area contributed by atoms with Gasteiger partial charge < -0.3 is 19.9 Å². The van der Waals surface area contributed by atoms with E-state index in [0.29, 0.717) is 31.8 Å². The summed E-state index contributed by atoms with van der Waals surface area (Å²) < 4.78 is 7.11. The van der Waals surface area contributed by atoms with Crippen molar-refractivity contribution in [3.63, 3.8) is 0 Å². The molecule has 2 amide bonds. The number of hydrogen-bond acceptors (Lipinski definition) is 7. The first-order valence-corrected chi connectivity index (χ1v) is 9.35. The van der Waals surface area contributed by atoms with Crippen LogP contribution in [0.15, 0.2) is 12.4 Å². The van der Waals surface area contributed by atoms with E-state index in [-0.39, 0.29) is 5.91 Å². The van der Waals surface area contributed by atoms with Crippen LogP contribution in [-0.2, 0) is 9.53 Å². The first-order chi connectivity index (χ1) is 13.2. The van der Waals surface area contributed by atoms with Crippen molar-refractivity contribution in [1.82, 2.24) is 29.8 Å². The lowest BCUT2D eigenvalue weighted by Crippen LogP contribution is -2.54. The topological polar surface area (TPSA) is 105 Å². The molecular weight excluding hydrogens is 362 g/mol. The number of ether oxygens (including phenoxy) is 1. The zero-order valence-electron chi connectivity index (χ0n) is 17.0. The number of hydrogen-bond donors (Lipinski definition) is 1. The average molecular weight is 389 g/mol. The number of carbonyl (C=O) groups is 2. The van der Waals surface area contributed by atoms with E-state index in [4.69, 9.17) is 4.74 Å². The molecule has 0 radical (unpaired) electrons. The van der Waals surface area contributed by atoms with Crippen molar-refractivity contribution < 1.29 is 14.3 Å². The molecule has 28 heavy (non-hydrogen) atoms. The third-order valence-electron chi connectivity index (χ3n) is 4.47. The van der Waals surface area contributed by atoms with E-state index in [9.17, 15) is 9.59 Å². The van der Waals surface area contributed by atoms with E-state index in [0.717, 1.165) is 11.6 Å². The summed E-state index contributed by atoms with van der Waals surface area (Å²) in [6.07, 6.45) is 2.96. The van der Waals surface area contributed by atoms with Crippen molar-refractivity contribution in [2.45, 2.75) is 46.3 Å². The van der Waals surface area contributed by atoms with Crippen LogP contribution in [0.5, 0.6) is 0 Å². The minimum Gasteiger partial charge on any atom is -0.444 e. The number of rotatable bonds is 3. The van der Waals surface area contributed by atoms with Gasteiger partial charge in [-0.2, -0.15) is 0 Å². The Balaban J connectivity index is 1.58. The molecule has 0 aliphatic carbocycles. The van der Waals surface area contributed by atoms with E-state index in [2.05, 4.69) is 25.4 Å². The molecule has 3 heterocycles. The normalized spacial score (nSPS) is 16.2. The Morgan fingerprint density at radius 2 is 1.86 bits per heavy atom. The van der Waals surface area contributed by atoms with Crippen LogP contribution >= 0.6 is 0 Å². The molecule has 1 saturated heterocycles. The van der Waals surface area contributed by atoms with Gasteiger partial charge in [0.15, 0.2) is 5.82 Å². The van der Waals surface area contributed by atoms with E-state index in [1.165, 1.54) is 0 Å². The number of amides is 2. The maximum Gasteiger partial charge on any atom is 0.408 e. The number of aromatic nitrogens is 4. The van der Waals surface area contributed by atoms with E-state index in [1.54, 1.807) is 38.8 Å². The molecule has 1 N–H and O–H groups in total. The van der Waals surface area contributed by atoms with E-state index in [1.807, 2.05) is 17.5 Å². The van der Waals surface area contributed by atoms with Crippen LogP contribution < -0.4 is 10.2 Å². The number of piperazine rings is 1. The first kappa shape index (κ1) is 19.8. The zero-order valence-corrected chi connectivity index (χ0v) is 17.0. The summed E-state index contributed by atoms with van der Waals surface area (Å²) in [5, 5.41) is 10.9. The third kappa shape index (κ3) is 4.32. The zero-order chi connectivity index (χ0) is 20.5. The van der Waals surface area contributed by atoms with Gasteiger partial charge in [0.1, 0.15) is 17.5 Å². The molecule has 3 rings (SSSR count). The third-order valence-corrected chi connectivity index (χ3v) is 4.47. The second-order valence-corrected chi connectivity index (χ2v) is 7.87. The summed E-state index contributed by atoms with van der Waals surface area (Å²) in [6.45, 7) is 11.2. The molecule has 1 atom stereocenters. The summed E-state index contributed by atoms with van der Waals surface area (Å²) in [7, 11) is 0. The molecular formula is C18H27N7O3. The van der Waals surface area contributed by atoms with Crippen molar-refractivity contribution in [1.29, 1.82) is 0 Å². The summed E-state index contributed by atoms with van der Waals surface area (Å²) in [4.78, 5) is 32.8. The van der Waals surface area contributed by atoms with Crippen LogP contribution in [-0.4, -0.2) is 74.3 Å². The van der Waals surface area contributed by atoms with Crippen LogP contribution in [0.25, 0.3) is 5.65 Å². The van der Waals surface area contributed by atoms with Gasteiger partial charge in [-0.05, 0) is 34.6 Å². The predicted molar refractivity (Wildman–Crippen MR) is 103 cm³/mol. The quantitative estimate of drug-likeness (QED) is 0.835. The fourth-order valence-corrected chi connectivity index (χ4v) is 3.11. The van der Waals surface area contributed by atoms with Gasteiger partial charge in [0.25, 0.3) is 0 Å². The van der Waals surface area contributed by atoms with Crippen molar-refractivity contribution in [2.75, 3.05) is 31.1 Å². The molecule has 152 valence electrons. The molecule has 1 aliphatic heterocycles. The summed E-state index contributed by atoms with van der Waals surface area (Å²) >= 11 is 0. The number of fused-ring (bicyclic) bond motifs is 1. The SMILES string of the molecule is Cc1nnc2c(N3CCN(C(=O)C(C)NC(=O)OC(C)(C)C)CC3)nccn12. The Morgan fingerprint density at radius 1 is 1.18 bits per heavy atom. The molecule has 0 bridgehead atoms. The van der Waals surface area contributed by atoms with Crippen molar-refractivity contribution in [3.05, 3.63) is 18.2 Å². The molecule has 1 fully saturated rings. The van der Waals surface area contributed by atoms with Gasteiger partial charge in [0.05, 0.1) is 0 Å². The number of anilines is 1. The average Bonchev–Trinajstić information content (AvgIpc) is 3.01. The fraction of sp³-hybridized carbons (Fsp3) is 0.611. The van der Waals surface area contributed by atoms with Gasteiger partial charge in [0.2, 0.25) is 11.6 Å². The molecule has 0 spiro atoms. The number of aryl methyl sites for hydroxylation is 1.